The molecule has 0 unspecified atom stereocenters. The monoisotopic (exact) mass is 379 g/mol. The SMILES string of the molecule is C[13C@H](NP(=O)(c1ccccc1)c1ccccc1)C(=O)NCc1ccccc1. The minimum Gasteiger partial charge on any atom is -0.351 e. The highest BCUT2D eigenvalue weighted by atomic mass is 31.2. The fraction of sp³-hybridized carbons (Fsp3) is 0.136. The zero-order chi connectivity index (χ0) is 19.1. The standard InChI is InChI=1S/C22H23N2O2P/c1-18(22(25)23-17-19-11-5-2-6-12-19)24-27(26,20-13-7-3-8-14-20)21-15-9-4-10-16-21/h2-16,18H,17H2,1H3,(H,23,25)(H,24,26)/t18-/m0/s1/i18+1. The van der Waals surface area contributed by atoms with Crippen LogP contribution >= 0.6 is 7.29 Å². The van der Waals surface area contributed by atoms with Gasteiger partial charge in [-0.3, -0.25) is 9.36 Å². The first-order valence-electron chi connectivity index (χ1n) is 8.90. The number of carbonyl (C=O) groups excluding carboxylic acids is 1. The molecule has 0 fully saturated rings. The van der Waals surface area contributed by atoms with Gasteiger partial charge >= 0.3 is 0 Å². The first-order valence-corrected chi connectivity index (χ1v) is 10.6. The predicted octanol–water partition coefficient (Wildman–Crippen LogP) is 3.21. The van der Waals surface area contributed by atoms with Gasteiger partial charge in [-0.1, -0.05) is 66.7 Å². The average Bonchev–Trinajstić information content (AvgIpc) is 2.74. The maximum atomic E-state index is 13.9. The lowest BCUT2D eigenvalue weighted by Gasteiger charge is -2.24. The van der Waals surface area contributed by atoms with Crippen molar-refractivity contribution in [3.63, 3.8) is 0 Å². The Morgan fingerprint density at radius 3 is 1.74 bits per heavy atom. The molecule has 0 aliphatic carbocycles. The smallest absolute Gasteiger partial charge is 0.237 e. The molecule has 138 valence electrons. The first kappa shape index (κ1) is 19.1. The molecule has 0 saturated heterocycles. The van der Waals surface area contributed by atoms with E-state index < -0.39 is 13.3 Å². The Kier molecular flexibility index (Phi) is 6.23. The molecule has 0 radical (unpaired) electrons. The van der Waals surface area contributed by atoms with Gasteiger partial charge in [-0.2, -0.15) is 0 Å². The van der Waals surface area contributed by atoms with Crippen LogP contribution in [0.15, 0.2) is 91.0 Å². The van der Waals surface area contributed by atoms with Gasteiger partial charge in [0.15, 0.2) is 0 Å². The van der Waals surface area contributed by atoms with Crippen LogP contribution < -0.4 is 21.0 Å². The molecule has 0 aliphatic heterocycles. The summed E-state index contributed by atoms with van der Waals surface area (Å²) in [5, 5.41) is 7.37. The molecular weight excluding hydrogens is 356 g/mol. The molecule has 4 nitrogen and oxygen atoms in total. The fourth-order valence-corrected chi connectivity index (χ4v) is 5.29. The van der Waals surface area contributed by atoms with E-state index in [9.17, 15) is 9.36 Å². The van der Waals surface area contributed by atoms with Crippen LogP contribution in [0.3, 0.4) is 0 Å². The van der Waals surface area contributed by atoms with E-state index in [1.807, 2.05) is 91.0 Å². The lowest BCUT2D eigenvalue weighted by molar-refractivity contribution is -0.122. The zero-order valence-corrected chi connectivity index (χ0v) is 16.1. The number of carbonyl (C=O) groups is 1. The Morgan fingerprint density at radius 2 is 1.26 bits per heavy atom. The van der Waals surface area contributed by atoms with Crippen LogP contribution in [0.2, 0.25) is 0 Å². The average molecular weight is 379 g/mol. The highest BCUT2D eigenvalue weighted by molar-refractivity contribution is 7.77. The molecule has 0 saturated carbocycles. The summed E-state index contributed by atoms with van der Waals surface area (Å²) in [7, 11) is -3.14. The molecule has 1 atom stereocenters. The summed E-state index contributed by atoms with van der Waals surface area (Å²) in [5.74, 6) is -0.189. The normalized spacial score (nSPS) is 12.3. The van der Waals surface area contributed by atoms with Crippen molar-refractivity contribution in [1.82, 2.24) is 10.4 Å². The Labute approximate surface area is 160 Å². The maximum Gasteiger partial charge on any atom is 0.237 e. The van der Waals surface area contributed by atoms with Crippen LogP contribution in [0.25, 0.3) is 0 Å². The number of hydrogen-bond donors (Lipinski definition) is 2. The van der Waals surface area contributed by atoms with Gasteiger partial charge in [-0.25, -0.2) is 5.09 Å². The van der Waals surface area contributed by atoms with E-state index in [1.165, 1.54) is 0 Å². The summed E-state index contributed by atoms with van der Waals surface area (Å²) in [6.07, 6.45) is 0. The topological polar surface area (TPSA) is 58.2 Å². The van der Waals surface area contributed by atoms with Crippen LogP contribution in [0.5, 0.6) is 0 Å². The van der Waals surface area contributed by atoms with Gasteiger partial charge in [0, 0.05) is 17.2 Å². The first-order chi connectivity index (χ1) is 13.1. The van der Waals surface area contributed by atoms with Crippen molar-refractivity contribution in [1.29, 1.82) is 0 Å². The zero-order valence-electron chi connectivity index (χ0n) is 15.2. The van der Waals surface area contributed by atoms with E-state index in [0.717, 1.165) is 5.56 Å². The molecule has 3 rings (SSSR count). The number of nitrogens with one attached hydrogen (secondary N) is 2. The second-order valence-electron chi connectivity index (χ2n) is 6.33. The summed E-state index contributed by atoms with van der Waals surface area (Å²) in [6.45, 7) is 2.17. The van der Waals surface area contributed by atoms with Crippen molar-refractivity contribution >= 4 is 23.8 Å². The third kappa shape index (κ3) is 4.73. The van der Waals surface area contributed by atoms with Crippen molar-refractivity contribution in [2.75, 3.05) is 0 Å². The van der Waals surface area contributed by atoms with Crippen molar-refractivity contribution in [2.24, 2.45) is 0 Å². The Balaban J connectivity index is 1.78. The van der Waals surface area contributed by atoms with Gasteiger partial charge in [-0.15, -0.1) is 0 Å². The number of benzene rings is 3. The van der Waals surface area contributed by atoms with E-state index in [-0.39, 0.29) is 5.91 Å². The number of amides is 1. The molecule has 2 N–H and O–H groups in total. The van der Waals surface area contributed by atoms with Gasteiger partial charge in [0.05, 0.1) is 6.04 Å². The Hall–Kier alpha value is -2.68. The molecule has 5 heteroatoms. The maximum absolute atomic E-state index is 13.9. The molecule has 0 heterocycles. The third-order valence-electron chi connectivity index (χ3n) is 4.32. The summed E-state index contributed by atoms with van der Waals surface area (Å²) >= 11 is 0. The quantitative estimate of drug-likeness (QED) is 0.490. The second kappa shape index (κ2) is 8.81. The van der Waals surface area contributed by atoms with E-state index in [4.69, 9.17) is 0 Å². The van der Waals surface area contributed by atoms with Crippen LogP contribution in [0.1, 0.15) is 12.5 Å². The minimum atomic E-state index is -3.14. The van der Waals surface area contributed by atoms with Crippen molar-refractivity contribution in [3.8, 4) is 0 Å². The summed E-state index contributed by atoms with van der Waals surface area (Å²) < 4.78 is 13.9. The minimum absolute atomic E-state index is 0.189. The van der Waals surface area contributed by atoms with E-state index in [2.05, 4.69) is 10.4 Å². The second-order valence-corrected chi connectivity index (χ2v) is 8.84. The van der Waals surface area contributed by atoms with E-state index in [1.54, 1.807) is 6.92 Å². The summed E-state index contributed by atoms with van der Waals surface area (Å²) in [6, 6.07) is 27.6. The lowest BCUT2D eigenvalue weighted by Crippen LogP contribution is -2.43. The van der Waals surface area contributed by atoms with Crippen LogP contribution in [0, 0.1) is 0 Å². The van der Waals surface area contributed by atoms with Gasteiger partial charge in [0.2, 0.25) is 13.2 Å². The van der Waals surface area contributed by atoms with E-state index >= 15 is 0 Å². The molecule has 0 aliphatic rings. The molecule has 3 aromatic rings. The number of rotatable bonds is 7. The molecular formula is C22H23N2O2P. The van der Waals surface area contributed by atoms with Crippen LogP contribution in [-0.2, 0) is 15.9 Å². The van der Waals surface area contributed by atoms with E-state index in [0.29, 0.717) is 17.2 Å². The highest BCUT2D eigenvalue weighted by Gasteiger charge is 2.30. The largest absolute Gasteiger partial charge is 0.351 e. The number of hydrogen-bond acceptors (Lipinski definition) is 2. The predicted molar refractivity (Wildman–Crippen MR) is 111 cm³/mol. The fourth-order valence-electron chi connectivity index (χ4n) is 2.84. The Bertz CT molecular complexity index is 871. The highest BCUT2D eigenvalue weighted by Crippen LogP contribution is 2.39. The van der Waals surface area contributed by atoms with Crippen molar-refractivity contribution in [2.45, 2.75) is 19.5 Å². The lowest BCUT2D eigenvalue weighted by atomic mass is 10.2. The molecule has 0 aromatic heterocycles. The van der Waals surface area contributed by atoms with Gasteiger partial charge in [-0.05, 0) is 36.8 Å². The van der Waals surface area contributed by atoms with Crippen molar-refractivity contribution < 1.29 is 9.36 Å². The van der Waals surface area contributed by atoms with Gasteiger partial charge in [0.25, 0.3) is 0 Å². The van der Waals surface area contributed by atoms with Crippen molar-refractivity contribution in [3.05, 3.63) is 96.6 Å². The Morgan fingerprint density at radius 1 is 0.815 bits per heavy atom. The molecule has 1 amide bonds. The van der Waals surface area contributed by atoms with Gasteiger partial charge in [0.1, 0.15) is 0 Å². The third-order valence-corrected chi connectivity index (χ3v) is 7.12. The molecule has 3 aromatic carbocycles. The van der Waals surface area contributed by atoms with Crippen LogP contribution in [-0.4, -0.2) is 11.9 Å². The summed E-state index contributed by atoms with van der Waals surface area (Å²) in [5.41, 5.74) is 1.02. The summed E-state index contributed by atoms with van der Waals surface area (Å²) in [4.78, 5) is 12.6. The molecule has 0 spiro atoms. The van der Waals surface area contributed by atoms with Crippen LogP contribution in [0.4, 0.5) is 0 Å². The molecule has 0 bridgehead atoms. The van der Waals surface area contributed by atoms with Gasteiger partial charge < -0.3 is 5.32 Å². The molecule has 27 heavy (non-hydrogen) atoms.